The first-order chi connectivity index (χ1) is 11.5. The van der Waals surface area contributed by atoms with Crippen LogP contribution in [-0.2, 0) is 13.5 Å². The zero-order valence-electron chi connectivity index (χ0n) is 13.7. The monoisotopic (exact) mass is 345 g/mol. The molecule has 1 aliphatic carbocycles. The lowest BCUT2D eigenvalue weighted by molar-refractivity contribution is 0.247. The highest BCUT2D eigenvalue weighted by molar-refractivity contribution is 6.30. The van der Waals surface area contributed by atoms with Gasteiger partial charge < -0.3 is 15.2 Å². The van der Waals surface area contributed by atoms with Gasteiger partial charge in [-0.3, -0.25) is 4.79 Å². The van der Waals surface area contributed by atoms with Gasteiger partial charge in [-0.15, -0.1) is 0 Å². The summed E-state index contributed by atoms with van der Waals surface area (Å²) in [6, 6.07) is 7.13. The quantitative estimate of drug-likeness (QED) is 0.874. The van der Waals surface area contributed by atoms with Gasteiger partial charge in [0.1, 0.15) is 5.69 Å². The van der Waals surface area contributed by atoms with Gasteiger partial charge in [0.05, 0.1) is 6.04 Å². The first-order valence-corrected chi connectivity index (χ1v) is 8.35. The summed E-state index contributed by atoms with van der Waals surface area (Å²) in [5, 5.41) is 6.33. The Morgan fingerprint density at radius 3 is 2.92 bits per heavy atom. The summed E-state index contributed by atoms with van der Waals surface area (Å²) in [5.74, 6) is 0. The van der Waals surface area contributed by atoms with Crippen molar-refractivity contribution < 1.29 is 4.79 Å². The summed E-state index contributed by atoms with van der Waals surface area (Å²) in [6.07, 6.45) is 4.53. The van der Waals surface area contributed by atoms with E-state index in [1.54, 1.807) is 26.2 Å². The summed E-state index contributed by atoms with van der Waals surface area (Å²) < 4.78 is 1.44. The molecule has 126 valence electrons. The number of carbonyl (C=O) groups excluding carboxylic acids is 1. The zero-order chi connectivity index (χ0) is 17.3. The van der Waals surface area contributed by atoms with Gasteiger partial charge in [-0.2, -0.15) is 0 Å². The highest BCUT2D eigenvalue weighted by Crippen LogP contribution is 2.31. The number of aryl methyl sites for hydroxylation is 3. The number of urea groups is 1. The molecule has 0 spiro atoms. The smallest absolute Gasteiger partial charge is 0.319 e. The van der Waals surface area contributed by atoms with Crippen molar-refractivity contribution in [2.75, 3.05) is 5.32 Å². The second-order valence-electron chi connectivity index (χ2n) is 6.18. The van der Waals surface area contributed by atoms with Crippen LogP contribution >= 0.6 is 11.6 Å². The van der Waals surface area contributed by atoms with Gasteiger partial charge in [0, 0.05) is 18.3 Å². The van der Waals surface area contributed by atoms with Crippen LogP contribution in [0, 0.1) is 6.92 Å². The standard InChI is InChI=1S/C18H20ClN3O2/c1-11-8-9-22(2)17(23)16(11)21-18(24)20-15-5-3-4-12-6-7-13(19)10-14(12)15/h6-10,15H,3-5H2,1-2H3,(H2,20,21,24)/t15-/m1/s1. The molecule has 1 aromatic carbocycles. The molecule has 2 amide bonds. The molecule has 5 nitrogen and oxygen atoms in total. The molecule has 0 aliphatic heterocycles. The number of rotatable bonds is 2. The molecular weight excluding hydrogens is 326 g/mol. The summed E-state index contributed by atoms with van der Waals surface area (Å²) >= 11 is 6.09. The summed E-state index contributed by atoms with van der Waals surface area (Å²) in [5.41, 5.74) is 3.08. The number of nitrogens with zero attached hydrogens (tertiary/aromatic N) is 1. The Morgan fingerprint density at radius 1 is 1.33 bits per heavy atom. The highest BCUT2D eigenvalue weighted by Gasteiger charge is 2.22. The Morgan fingerprint density at radius 2 is 2.12 bits per heavy atom. The maximum atomic E-state index is 12.4. The summed E-state index contributed by atoms with van der Waals surface area (Å²) in [4.78, 5) is 24.6. The van der Waals surface area contributed by atoms with Crippen molar-refractivity contribution >= 4 is 23.3 Å². The van der Waals surface area contributed by atoms with Crippen LogP contribution < -0.4 is 16.2 Å². The van der Waals surface area contributed by atoms with Gasteiger partial charge in [-0.25, -0.2) is 4.79 Å². The van der Waals surface area contributed by atoms with Crippen molar-refractivity contribution in [2.24, 2.45) is 7.05 Å². The van der Waals surface area contributed by atoms with Crippen LogP contribution in [0.25, 0.3) is 0 Å². The minimum atomic E-state index is -0.376. The van der Waals surface area contributed by atoms with E-state index in [-0.39, 0.29) is 17.6 Å². The molecule has 0 unspecified atom stereocenters. The number of hydrogen-bond acceptors (Lipinski definition) is 2. The van der Waals surface area contributed by atoms with Gasteiger partial charge in [0.25, 0.3) is 5.56 Å². The summed E-state index contributed by atoms with van der Waals surface area (Å²) in [7, 11) is 1.66. The van der Waals surface area contributed by atoms with Crippen molar-refractivity contribution in [3.05, 3.63) is 62.5 Å². The minimum Gasteiger partial charge on any atom is -0.331 e. The molecule has 0 fully saturated rings. The number of anilines is 1. The van der Waals surface area contributed by atoms with Crippen LogP contribution in [-0.4, -0.2) is 10.6 Å². The molecule has 1 aliphatic rings. The fourth-order valence-electron chi connectivity index (χ4n) is 3.10. The Kier molecular flexibility index (Phi) is 4.62. The van der Waals surface area contributed by atoms with Gasteiger partial charge in [-0.1, -0.05) is 17.7 Å². The molecule has 0 saturated carbocycles. The van der Waals surface area contributed by atoms with Crippen LogP contribution in [0.2, 0.25) is 5.02 Å². The zero-order valence-corrected chi connectivity index (χ0v) is 14.5. The first kappa shape index (κ1) is 16.6. The average Bonchev–Trinajstić information content (AvgIpc) is 2.56. The van der Waals surface area contributed by atoms with Crippen LogP contribution in [0.3, 0.4) is 0 Å². The normalized spacial score (nSPS) is 16.4. The number of nitrogens with one attached hydrogen (secondary N) is 2. The Bertz CT molecular complexity index is 845. The van der Waals surface area contributed by atoms with Gasteiger partial charge >= 0.3 is 6.03 Å². The average molecular weight is 346 g/mol. The molecule has 2 N–H and O–H groups in total. The van der Waals surface area contributed by atoms with E-state index in [1.165, 1.54) is 10.1 Å². The van der Waals surface area contributed by atoms with E-state index in [4.69, 9.17) is 11.6 Å². The molecule has 3 rings (SSSR count). The lowest BCUT2D eigenvalue weighted by atomic mass is 9.88. The third kappa shape index (κ3) is 3.31. The molecule has 6 heteroatoms. The molecule has 1 aromatic heterocycles. The first-order valence-electron chi connectivity index (χ1n) is 7.98. The lowest BCUT2D eigenvalue weighted by Gasteiger charge is -2.26. The maximum absolute atomic E-state index is 12.4. The number of halogens is 1. The van der Waals surface area contributed by atoms with Crippen molar-refractivity contribution in [1.82, 2.24) is 9.88 Å². The van der Waals surface area contributed by atoms with E-state index in [0.29, 0.717) is 10.7 Å². The van der Waals surface area contributed by atoms with E-state index in [9.17, 15) is 9.59 Å². The number of pyridine rings is 1. The molecular formula is C18H20ClN3O2. The van der Waals surface area contributed by atoms with Gasteiger partial charge in [-0.05, 0) is 61.1 Å². The van der Waals surface area contributed by atoms with E-state index < -0.39 is 0 Å². The van der Waals surface area contributed by atoms with Crippen molar-refractivity contribution in [2.45, 2.75) is 32.2 Å². The molecule has 0 bridgehead atoms. The third-order valence-electron chi connectivity index (χ3n) is 4.44. The number of benzene rings is 1. The van der Waals surface area contributed by atoms with E-state index >= 15 is 0 Å². The largest absolute Gasteiger partial charge is 0.331 e. The Labute approximate surface area is 145 Å². The second kappa shape index (κ2) is 6.69. The maximum Gasteiger partial charge on any atom is 0.319 e. The van der Waals surface area contributed by atoms with E-state index in [1.807, 2.05) is 18.2 Å². The second-order valence-corrected chi connectivity index (χ2v) is 6.61. The van der Waals surface area contributed by atoms with Crippen molar-refractivity contribution in [1.29, 1.82) is 0 Å². The predicted octanol–water partition coefficient (Wildman–Crippen LogP) is 3.55. The fraction of sp³-hybridized carbons (Fsp3) is 0.333. The summed E-state index contributed by atoms with van der Waals surface area (Å²) in [6.45, 7) is 1.80. The topological polar surface area (TPSA) is 63.1 Å². The van der Waals surface area contributed by atoms with E-state index in [2.05, 4.69) is 10.6 Å². The molecule has 2 aromatic rings. The van der Waals surface area contributed by atoms with Crippen LogP contribution in [0.4, 0.5) is 10.5 Å². The van der Waals surface area contributed by atoms with Crippen LogP contribution in [0.1, 0.15) is 35.6 Å². The number of carbonyl (C=O) groups is 1. The molecule has 0 saturated heterocycles. The molecule has 1 atom stereocenters. The number of fused-ring (bicyclic) bond motifs is 1. The number of aromatic nitrogens is 1. The highest BCUT2D eigenvalue weighted by atomic mass is 35.5. The molecule has 24 heavy (non-hydrogen) atoms. The Balaban J connectivity index is 1.79. The Hall–Kier alpha value is -2.27. The fourth-order valence-corrected chi connectivity index (χ4v) is 3.28. The third-order valence-corrected chi connectivity index (χ3v) is 4.68. The SMILES string of the molecule is Cc1ccn(C)c(=O)c1NC(=O)N[C@@H]1CCCc2ccc(Cl)cc21. The van der Waals surface area contributed by atoms with Gasteiger partial charge in [0.2, 0.25) is 0 Å². The van der Waals surface area contributed by atoms with Crippen LogP contribution in [0.15, 0.2) is 35.3 Å². The minimum absolute atomic E-state index is 0.0969. The number of amides is 2. The van der Waals surface area contributed by atoms with Gasteiger partial charge in [0.15, 0.2) is 0 Å². The van der Waals surface area contributed by atoms with Crippen molar-refractivity contribution in [3.8, 4) is 0 Å². The van der Waals surface area contributed by atoms with E-state index in [0.717, 1.165) is 30.4 Å². The van der Waals surface area contributed by atoms with Crippen LogP contribution in [0.5, 0.6) is 0 Å². The molecule has 1 heterocycles. The number of hydrogen-bond donors (Lipinski definition) is 2. The predicted molar refractivity (Wildman–Crippen MR) is 95.7 cm³/mol. The molecule has 0 radical (unpaired) electrons. The van der Waals surface area contributed by atoms with Crippen molar-refractivity contribution in [3.63, 3.8) is 0 Å². The lowest BCUT2D eigenvalue weighted by Crippen LogP contribution is -2.36.